The zero-order chi connectivity index (χ0) is 14.5. The van der Waals surface area contributed by atoms with Gasteiger partial charge >= 0.3 is 0 Å². The van der Waals surface area contributed by atoms with Gasteiger partial charge in [-0.2, -0.15) is 0 Å². The maximum atomic E-state index is 11.6. The van der Waals surface area contributed by atoms with E-state index in [9.17, 15) is 4.79 Å². The van der Waals surface area contributed by atoms with Gasteiger partial charge in [0.1, 0.15) is 0 Å². The van der Waals surface area contributed by atoms with Gasteiger partial charge in [0.25, 0.3) is 5.91 Å². The van der Waals surface area contributed by atoms with Crippen LogP contribution in [0.15, 0.2) is 30.5 Å². The molecule has 2 rings (SSSR count). The van der Waals surface area contributed by atoms with E-state index in [0.717, 1.165) is 36.1 Å². The third kappa shape index (κ3) is 2.88. The predicted octanol–water partition coefficient (Wildman–Crippen LogP) is 1.38. The number of anilines is 1. The molecular formula is C15H20N4O. The quantitative estimate of drug-likeness (QED) is 0.779. The molecule has 0 aliphatic heterocycles. The van der Waals surface area contributed by atoms with E-state index in [4.69, 9.17) is 5.73 Å². The van der Waals surface area contributed by atoms with E-state index < -0.39 is 5.91 Å². The number of hydrogen-bond acceptors (Lipinski definition) is 4. The van der Waals surface area contributed by atoms with Gasteiger partial charge in [0.15, 0.2) is 0 Å². The fourth-order valence-corrected chi connectivity index (χ4v) is 2.32. The minimum Gasteiger partial charge on any atom is -0.373 e. The van der Waals surface area contributed by atoms with E-state index in [2.05, 4.69) is 15.2 Å². The molecule has 0 aliphatic carbocycles. The molecule has 2 aromatic rings. The number of amides is 1. The lowest BCUT2D eigenvalue weighted by Crippen LogP contribution is -2.26. The molecule has 5 heteroatoms. The third-order valence-electron chi connectivity index (χ3n) is 3.31. The Morgan fingerprint density at radius 3 is 2.85 bits per heavy atom. The van der Waals surface area contributed by atoms with Crippen LogP contribution in [0.25, 0.3) is 10.9 Å². The number of hydrogen-bond donors (Lipinski definition) is 2. The van der Waals surface area contributed by atoms with Crippen LogP contribution < -0.4 is 16.0 Å². The molecule has 0 saturated carbocycles. The van der Waals surface area contributed by atoms with Gasteiger partial charge in [0, 0.05) is 25.2 Å². The Morgan fingerprint density at radius 1 is 1.40 bits per heavy atom. The first-order valence-electron chi connectivity index (χ1n) is 6.68. The molecule has 106 valence electrons. The summed E-state index contributed by atoms with van der Waals surface area (Å²) in [5, 5.41) is 4.07. The molecular weight excluding hydrogens is 252 g/mol. The first-order chi connectivity index (χ1) is 9.65. The van der Waals surface area contributed by atoms with E-state index >= 15 is 0 Å². The van der Waals surface area contributed by atoms with Crippen molar-refractivity contribution >= 4 is 22.5 Å². The van der Waals surface area contributed by atoms with Crippen molar-refractivity contribution < 1.29 is 4.79 Å². The van der Waals surface area contributed by atoms with Crippen molar-refractivity contribution in [3.05, 3.63) is 36.0 Å². The Labute approximate surface area is 118 Å². The summed E-state index contributed by atoms with van der Waals surface area (Å²) in [6.45, 7) is 1.77. The van der Waals surface area contributed by atoms with Crippen molar-refractivity contribution in [2.45, 2.75) is 6.42 Å². The lowest BCUT2D eigenvalue weighted by molar-refractivity contribution is 0.100. The molecule has 0 fully saturated rings. The standard InChI is InChI=1S/C15H20N4O/c1-17-8-5-9-19(2)14-11-6-3-4-7-13(11)18-10-12(14)15(16)20/h3-4,6-7,10,17H,5,8-9H2,1-2H3,(H2,16,20). The Kier molecular flexibility index (Phi) is 4.53. The van der Waals surface area contributed by atoms with Crippen molar-refractivity contribution in [2.24, 2.45) is 5.73 Å². The highest BCUT2D eigenvalue weighted by Gasteiger charge is 2.16. The molecule has 5 nitrogen and oxygen atoms in total. The van der Waals surface area contributed by atoms with Crippen molar-refractivity contribution in [2.75, 3.05) is 32.1 Å². The van der Waals surface area contributed by atoms with E-state index in [1.54, 1.807) is 6.20 Å². The van der Waals surface area contributed by atoms with Gasteiger partial charge in [-0.05, 0) is 26.1 Å². The van der Waals surface area contributed by atoms with Gasteiger partial charge in [-0.25, -0.2) is 0 Å². The minimum absolute atomic E-state index is 0.446. The zero-order valence-corrected chi connectivity index (χ0v) is 11.9. The molecule has 20 heavy (non-hydrogen) atoms. The summed E-state index contributed by atoms with van der Waals surface area (Å²) in [6.07, 6.45) is 2.55. The van der Waals surface area contributed by atoms with Crippen LogP contribution in [0.3, 0.4) is 0 Å². The fourth-order valence-electron chi connectivity index (χ4n) is 2.32. The van der Waals surface area contributed by atoms with Gasteiger partial charge in [-0.1, -0.05) is 18.2 Å². The summed E-state index contributed by atoms with van der Waals surface area (Å²) in [4.78, 5) is 18.0. The molecule has 0 unspecified atom stereocenters. The number of rotatable bonds is 6. The van der Waals surface area contributed by atoms with Gasteiger partial charge in [0.2, 0.25) is 0 Å². The summed E-state index contributed by atoms with van der Waals surface area (Å²) in [6, 6.07) is 7.79. The summed E-state index contributed by atoms with van der Waals surface area (Å²) in [5.41, 5.74) is 7.68. The number of primary amides is 1. The number of nitrogens with two attached hydrogens (primary N) is 1. The Balaban J connectivity index is 2.46. The van der Waals surface area contributed by atoms with Gasteiger partial charge < -0.3 is 16.0 Å². The van der Waals surface area contributed by atoms with Crippen LogP contribution in [0.4, 0.5) is 5.69 Å². The summed E-state index contributed by atoms with van der Waals surface area (Å²) in [5.74, 6) is -0.446. The predicted molar refractivity (Wildman–Crippen MR) is 82.1 cm³/mol. The van der Waals surface area contributed by atoms with Crippen LogP contribution in [0.5, 0.6) is 0 Å². The molecule has 0 saturated heterocycles. The molecule has 1 aromatic carbocycles. The Morgan fingerprint density at radius 2 is 2.15 bits per heavy atom. The van der Waals surface area contributed by atoms with Crippen LogP contribution in [0.2, 0.25) is 0 Å². The number of carbonyl (C=O) groups excluding carboxylic acids is 1. The molecule has 0 aliphatic rings. The SMILES string of the molecule is CNCCCN(C)c1c(C(N)=O)cnc2ccccc12. The second kappa shape index (κ2) is 6.34. The highest BCUT2D eigenvalue weighted by atomic mass is 16.1. The Hall–Kier alpha value is -2.14. The fraction of sp³-hybridized carbons (Fsp3) is 0.333. The average Bonchev–Trinajstić information content (AvgIpc) is 2.46. The molecule has 0 radical (unpaired) electrons. The average molecular weight is 272 g/mol. The van der Waals surface area contributed by atoms with Crippen molar-refractivity contribution in [1.82, 2.24) is 10.3 Å². The van der Waals surface area contributed by atoms with Crippen LogP contribution in [-0.4, -0.2) is 38.1 Å². The van der Waals surface area contributed by atoms with Gasteiger partial charge in [-0.15, -0.1) is 0 Å². The van der Waals surface area contributed by atoms with Crippen molar-refractivity contribution in [1.29, 1.82) is 0 Å². The minimum atomic E-state index is -0.446. The number of nitrogens with zero attached hydrogens (tertiary/aromatic N) is 2. The Bertz CT molecular complexity index is 612. The van der Waals surface area contributed by atoms with Crippen LogP contribution in [0, 0.1) is 0 Å². The molecule has 1 amide bonds. The van der Waals surface area contributed by atoms with Crippen molar-refractivity contribution in [3.8, 4) is 0 Å². The second-order valence-corrected chi connectivity index (χ2v) is 4.78. The number of carbonyl (C=O) groups is 1. The number of benzene rings is 1. The second-order valence-electron chi connectivity index (χ2n) is 4.78. The smallest absolute Gasteiger partial charge is 0.252 e. The van der Waals surface area contributed by atoms with E-state index in [0.29, 0.717) is 5.56 Å². The number of pyridine rings is 1. The molecule has 0 atom stereocenters. The molecule has 0 bridgehead atoms. The normalized spacial score (nSPS) is 10.7. The van der Waals surface area contributed by atoms with Crippen LogP contribution in [-0.2, 0) is 0 Å². The van der Waals surface area contributed by atoms with Crippen LogP contribution in [0.1, 0.15) is 16.8 Å². The molecule has 0 spiro atoms. The zero-order valence-electron chi connectivity index (χ0n) is 11.9. The largest absolute Gasteiger partial charge is 0.373 e. The van der Waals surface area contributed by atoms with Crippen LogP contribution >= 0.6 is 0 Å². The maximum Gasteiger partial charge on any atom is 0.252 e. The molecule has 1 aromatic heterocycles. The maximum absolute atomic E-state index is 11.6. The summed E-state index contributed by atoms with van der Waals surface area (Å²) >= 11 is 0. The number of para-hydroxylation sites is 1. The molecule has 3 N–H and O–H groups in total. The first kappa shape index (κ1) is 14.3. The topological polar surface area (TPSA) is 71.2 Å². The lowest BCUT2D eigenvalue weighted by Gasteiger charge is -2.23. The van der Waals surface area contributed by atoms with E-state index in [1.165, 1.54) is 0 Å². The number of aromatic nitrogens is 1. The number of fused-ring (bicyclic) bond motifs is 1. The van der Waals surface area contributed by atoms with Gasteiger partial charge in [0.05, 0.1) is 16.8 Å². The monoisotopic (exact) mass is 272 g/mol. The van der Waals surface area contributed by atoms with Gasteiger partial charge in [-0.3, -0.25) is 9.78 Å². The summed E-state index contributed by atoms with van der Waals surface area (Å²) in [7, 11) is 3.90. The van der Waals surface area contributed by atoms with E-state index in [1.807, 2.05) is 38.4 Å². The lowest BCUT2D eigenvalue weighted by atomic mass is 10.1. The number of nitrogens with one attached hydrogen (secondary N) is 1. The van der Waals surface area contributed by atoms with E-state index in [-0.39, 0.29) is 0 Å². The first-order valence-corrected chi connectivity index (χ1v) is 6.68. The highest BCUT2D eigenvalue weighted by molar-refractivity contribution is 6.06. The van der Waals surface area contributed by atoms with Crippen molar-refractivity contribution in [3.63, 3.8) is 0 Å². The third-order valence-corrected chi connectivity index (χ3v) is 3.31. The molecule has 1 heterocycles. The summed E-state index contributed by atoms with van der Waals surface area (Å²) < 4.78 is 0. The highest BCUT2D eigenvalue weighted by Crippen LogP contribution is 2.28.